The molecule has 0 radical (unpaired) electrons. The van der Waals surface area contributed by atoms with Crippen LogP contribution in [-0.2, 0) is 17.8 Å². The van der Waals surface area contributed by atoms with Gasteiger partial charge in [0.25, 0.3) is 0 Å². The quantitative estimate of drug-likeness (QED) is 0.790. The van der Waals surface area contributed by atoms with Gasteiger partial charge in [0.2, 0.25) is 0 Å². The highest BCUT2D eigenvalue weighted by atomic mass is 35.5. The number of rotatable bonds is 3. The Kier molecular flexibility index (Phi) is 3.36. The number of alkyl halides is 1. The van der Waals surface area contributed by atoms with Gasteiger partial charge in [-0.2, -0.15) is 0 Å². The lowest BCUT2D eigenvalue weighted by Crippen LogP contribution is -2.27. The molecule has 2 saturated carbocycles. The topological polar surface area (TPSA) is 30.7 Å². The molecule has 19 heavy (non-hydrogen) atoms. The molecule has 3 unspecified atom stereocenters. The molecule has 0 aliphatic heterocycles. The van der Waals surface area contributed by atoms with E-state index < -0.39 is 0 Å². The second-order valence-electron chi connectivity index (χ2n) is 7.31. The molecule has 4 heteroatoms. The predicted octanol–water partition coefficient (Wildman–Crippen LogP) is 3.75. The Morgan fingerprint density at radius 1 is 1.16 bits per heavy atom. The number of hydrogen-bond acceptors (Lipinski definition) is 2. The van der Waals surface area contributed by atoms with Gasteiger partial charge in [-0.15, -0.1) is 21.8 Å². The molecule has 0 N–H and O–H groups in total. The number of fused-ring (bicyclic) bond motifs is 2. The minimum absolute atomic E-state index is 0.0146. The summed E-state index contributed by atoms with van der Waals surface area (Å²) in [5.41, 5.74) is 0.0146. The molecule has 3 atom stereocenters. The van der Waals surface area contributed by atoms with E-state index in [9.17, 15) is 0 Å². The SMILES string of the molecule is CC(C)(C)n1c(CCl)nnc1CC1CC2CCC1C2. The molecule has 2 aliphatic carbocycles. The van der Waals surface area contributed by atoms with Crippen LogP contribution in [0.3, 0.4) is 0 Å². The smallest absolute Gasteiger partial charge is 0.148 e. The van der Waals surface area contributed by atoms with Crippen LogP contribution in [0.25, 0.3) is 0 Å². The Hall–Kier alpha value is -0.570. The van der Waals surface area contributed by atoms with Crippen molar-refractivity contribution in [3.05, 3.63) is 11.6 Å². The zero-order chi connectivity index (χ0) is 13.6. The van der Waals surface area contributed by atoms with E-state index in [0.29, 0.717) is 5.88 Å². The molecule has 1 heterocycles. The maximum absolute atomic E-state index is 6.01. The van der Waals surface area contributed by atoms with Gasteiger partial charge in [0.1, 0.15) is 11.6 Å². The highest BCUT2D eigenvalue weighted by Gasteiger charge is 2.40. The molecule has 106 valence electrons. The van der Waals surface area contributed by atoms with E-state index in [1.54, 1.807) is 0 Å². The Labute approximate surface area is 120 Å². The van der Waals surface area contributed by atoms with Gasteiger partial charge in [0.05, 0.1) is 5.88 Å². The van der Waals surface area contributed by atoms with Gasteiger partial charge in [0, 0.05) is 12.0 Å². The van der Waals surface area contributed by atoms with Crippen LogP contribution in [-0.4, -0.2) is 14.8 Å². The van der Waals surface area contributed by atoms with Crippen molar-refractivity contribution in [1.82, 2.24) is 14.8 Å². The van der Waals surface area contributed by atoms with Gasteiger partial charge < -0.3 is 4.57 Å². The van der Waals surface area contributed by atoms with E-state index in [1.165, 1.54) is 25.7 Å². The van der Waals surface area contributed by atoms with E-state index in [2.05, 4.69) is 35.5 Å². The summed E-state index contributed by atoms with van der Waals surface area (Å²) in [7, 11) is 0. The van der Waals surface area contributed by atoms with E-state index in [-0.39, 0.29) is 5.54 Å². The van der Waals surface area contributed by atoms with Gasteiger partial charge in [-0.05, 0) is 57.8 Å². The van der Waals surface area contributed by atoms with Crippen molar-refractivity contribution in [1.29, 1.82) is 0 Å². The van der Waals surface area contributed by atoms with Crippen molar-refractivity contribution < 1.29 is 0 Å². The largest absolute Gasteiger partial charge is 0.309 e. The van der Waals surface area contributed by atoms with Crippen LogP contribution in [0.2, 0.25) is 0 Å². The minimum Gasteiger partial charge on any atom is -0.309 e. The lowest BCUT2D eigenvalue weighted by molar-refractivity contribution is 0.306. The molecule has 2 fully saturated rings. The average molecular weight is 282 g/mol. The third kappa shape index (κ3) is 2.42. The fraction of sp³-hybridized carbons (Fsp3) is 0.867. The predicted molar refractivity (Wildman–Crippen MR) is 77.2 cm³/mol. The molecular weight excluding hydrogens is 258 g/mol. The summed E-state index contributed by atoms with van der Waals surface area (Å²) in [5.74, 6) is 5.25. The van der Waals surface area contributed by atoms with Crippen LogP contribution in [0.15, 0.2) is 0 Å². The summed E-state index contributed by atoms with van der Waals surface area (Å²) < 4.78 is 2.26. The summed E-state index contributed by atoms with van der Waals surface area (Å²) in [4.78, 5) is 0. The molecule has 0 amide bonds. The van der Waals surface area contributed by atoms with Crippen LogP contribution < -0.4 is 0 Å². The molecule has 2 bridgehead atoms. The molecule has 0 saturated heterocycles. The summed E-state index contributed by atoms with van der Waals surface area (Å²) in [6.07, 6.45) is 6.83. The van der Waals surface area contributed by atoms with E-state index in [4.69, 9.17) is 11.6 Å². The Bertz CT molecular complexity index is 460. The third-order valence-electron chi connectivity index (χ3n) is 4.92. The maximum Gasteiger partial charge on any atom is 0.148 e. The van der Waals surface area contributed by atoms with Crippen molar-refractivity contribution >= 4 is 11.6 Å². The number of nitrogens with zero attached hydrogens (tertiary/aromatic N) is 3. The maximum atomic E-state index is 6.01. The molecule has 3 rings (SSSR count). The molecule has 1 aromatic rings. The van der Waals surface area contributed by atoms with Crippen molar-refractivity contribution in [3.8, 4) is 0 Å². The van der Waals surface area contributed by atoms with Gasteiger partial charge in [-0.1, -0.05) is 6.42 Å². The lowest BCUT2D eigenvalue weighted by Gasteiger charge is -2.27. The molecule has 1 aromatic heterocycles. The van der Waals surface area contributed by atoms with Gasteiger partial charge >= 0.3 is 0 Å². The summed E-state index contributed by atoms with van der Waals surface area (Å²) in [6, 6.07) is 0. The van der Waals surface area contributed by atoms with Crippen LogP contribution in [0, 0.1) is 17.8 Å². The molecule has 0 spiro atoms. The zero-order valence-electron chi connectivity index (χ0n) is 12.2. The summed E-state index contributed by atoms with van der Waals surface area (Å²) >= 11 is 6.01. The average Bonchev–Trinajstić information content (AvgIpc) is 3.01. The van der Waals surface area contributed by atoms with E-state index in [0.717, 1.165) is 35.8 Å². The van der Waals surface area contributed by atoms with E-state index >= 15 is 0 Å². The molecule has 2 aliphatic rings. The van der Waals surface area contributed by atoms with Crippen molar-refractivity contribution in [2.45, 2.75) is 64.3 Å². The zero-order valence-corrected chi connectivity index (χ0v) is 13.0. The first-order valence-corrected chi connectivity index (χ1v) is 8.02. The molecular formula is C15H24ClN3. The standard InChI is InChI=1S/C15H24ClN3/c1-15(2,3)19-13(17-18-14(19)9-16)8-12-7-10-4-5-11(12)6-10/h10-12H,4-9H2,1-3H3. The number of aromatic nitrogens is 3. The van der Waals surface area contributed by atoms with Gasteiger partial charge in [0.15, 0.2) is 0 Å². The van der Waals surface area contributed by atoms with Crippen LogP contribution >= 0.6 is 11.6 Å². The van der Waals surface area contributed by atoms with Crippen LogP contribution in [0.4, 0.5) is 0 Å². The van der Waals surface area contributed by atoms with Crippen LogP contribution in [0.1, 0.15) is 58.1 Å². The first kappa shape index (κ1) is 13.4. The Morgan fingerprint density at radius 3 is 2.42 bits per heavy atom. The van der Waals surface area contributed by atoms with Gasteiger partial charge in [-0.25, -0.2) is 0 Å². The number of halogens is 1. The fourth-order valence-corrected chi connectivity index (χ4v) is 4.38. The molecule has 0 aromatic carbocycles. The van der Waals surface area contributed by atoms with Crippen molar-refractivity contribution in [2.75, 3.05) is 0 Å². The van der Waals surface area contributed by atoms with Crippen molar-refractivity contribution in [3.63, 3.8) is 0 Å². The first-order valence-electron chi connectivity index (χ1n) is 7.48. The highest BCUT2D eigenvalue weighted by molar-refractivity contribution is 6.16. The lowest BCUT2D eigenvalue weighted by atomic mass is 9.86. The van der Waals surface area contributed by atoms with Gasteiger partial charge in [-0.3, -0.25) is 0 Å². The van der Waals surface area contributed by atoms with E-state index in [1.807, 2.05) is 0 Å². The van der Waals surface area contributed by atoms with Crippen LogP contribution in [0.5, 0.6) is 0 Å². The first-order chi connectivity index (χ1) is 8.99. The second kappa shape index (κ2) is 4.76. The third-order valence-corrected chi connectivity index (χ3v) is 5.16. The normalized spacial score (nSPS) is 30.2. The Balaban J connectivity index is 1.83. The minimum atomic E-state index is 0.0146. The Morgan fingerprint density at radius 2 is 1.89 bits per heavy atom. The highest BCUT2D eigenvalue weighted by Crippen LogP contribution is 2.49. The fourth-order valence-electron chi connectivity index (χ4n) is 4.21. The second-order valence-corrected chi connectivity index (χ2v) is 7.58. The monoisotopic (exact) mass is 281 g/mol. The van der Waals surface area contributed by atoms with Crippen molar-refractivity contribution in [2.24, 2.45) is 17.8 Å². The summed E-state index contributed by atoms with van der Waals surface area (Å²) in [5, 5.41) is 8.72. The summed E-state index contributed by atoms with van der Waals surface area (Å²) in [6.45, 7) is 6.62. The number of hydrogen-bond donors (Lipinski definition) is 0. The molecule has 3 nitrogen and oxygen atoms in total.